The number of benzene rings is 1. The van der Waals surface area contributed by atoms with E-state index in [9.17, 15) is 10.1 Å². The second-order valence-corrected chi connectivity index (χ2v) is 4.95. The highest BCUT2D eigenvalue weighted by Gasteiger charge is 2.21. The number of nitriles is 1. The number of nitrogens with zero attached hydrogens (tertiary/aromatic N) is 3. The fourth-order valence-corrected chi connectivity index (χ4v) is 2.12. The van der Waals surface area contributed by atoms with E-state index < -0.39 is 0 Å². The molecule has 0 amide bonds. The lowest BCUT2D eigenvalue weighted by Gasteiger charge is -2.26. The summed E-state index contributed by atoms with van der Waals surface area (Å²) in [6, 6.07) is 7.17. The minimum Gasteiger partial charge on any atom is -0.364 e. The fourth-order valence-electron chi connectivity index (χ4n) is 2.12. The molecule has 0 aromatic heterocycles. The zero-order valence-corrected chi connectivity index (χ0v) is 11.6. The number of aryl methyl sites for hydroxylation is 1. The third kappa shape index (κ3) is 3.95. The highest BCUT2D eigenvalue weighted by atomic mass is 16.6. The van der Waals surface area contributed by atoms with Crippen molar-refractivity contribution in [1.29, 1.82) is 5.26 Å². The molecule has 1 aromatic rings. The van der Waals surface area contributed by atoms with Gasteiger partial charge in [-0.2, -0.15) is 5.26 Å². The number of hydrogen-bond donors (Lipinski definition) is 0. The number of rotatable bonds is 6. The summed E-state index contributed by atoms with van der Waals surface area (Å²) in [5.74, 6) is 0.373. The predicted molar refractivity (Wildman–Crippen MR) is 75.1 cm³/mol. The van der Waals surface area contributed by atoms with Crippen LogP contribution in [-0.4, -0.2) is 18.0 Å². The zero-order chi connectivity index (χ0) is 14.4. The Balaban J connectivity index is 3.20. The van der Waals surface area contributed by atoms with Crippen LogP contribution < -0.4 is 4.90 Å². The molecule has 0 fully saturated rings. The van der Waals surface area contributed by atoms with Crippen molar-refractivity contribution in [2.45, 2.75) is 27.2 Å². The molecule has 0 aliphatic rings. The molecule has 5 nitrogen and oxygen atoms in total. The SMILES string of the molecule is Cc1cccc([N+](=O)[O-])c1N(CCC#N)CC(C)C. The molecule has 102 valence electrons. The van der Waals surface area contributed by atoms with E-state index in [0.717, 1.165) is 5.56 Å². The number of nitro benzene ring substituents is 1. The molecule has 0 bridgehead atoms. The second kappa shape index (κ2) is 6.74. The molecular formula is C14H19N3O2. The van der Waals surface area contributed by atoms with Crippen LogP contribution in [0.2, 0.25) is 0 Å². The van der Waals surface area contributed by atoms with E-state index in [0.29, 0.717) is 31.1 Å². The Hall–Kier alpha value is -2.09. The van der Waals surface area contributed by atoms with Crippen molar-refractivity contribution in [1.82, 2.24) is 0 Å². The summed E-state index contributed by atoms with van der Waals surface area (Å²) in [6.07, 6.45) is 0.359. The predicted octanol–water partition coefficient (Wildman–Crippen LogP) is 3.28. The number of nitro groups is 1. The van der Waals surface area contributed by atoms with Gasteiger partial charge in [-0.25, -0.2) is 0 Å². The number of hydrogen-bond acceptors (Lipinski definition) is 4. The highest BCUT2D eigenvalue weighted by molar-refractivity contribution is 5.67. The van der Waals surface area contributed by atoms with E-state index in [-0.39, 0.29) is 10.6 Å². The summed E-state index contributed by atoms with van der Waals surface area (Å²) >= 11 is 0. The highest BCUT2D eigenvalue weighted by Crippen LogP contribution is 2.32. The van der Waals surface area contributed by atoms with Crippen LogP contribution in [0.1, 0.15) is 25.8 Å². The topological polar surface area (TPSA) is 70.2 Å². The van der Waals surface area contributed by atoms with E-state index in [2.05, 4.69) is 19.9 Å². The summed E-state index contributed by atoms with van der Waals surface area (Å²) in [7, 11) is 0. The molecule has 0 aliphatic heterocycles. The molecular weight excluding hydrogens is 242 g/mol. The smallest absolute Gasteiger partial charge is 0.292 e. The monoisotopic (exact) mass is 261 g/mol. The number of para-hydroxylation sites is 1. The third-order valence-electron chi connectivity index (χ3n) is 2.81. The van der Waals surface area contributed by atoms with Crippen LogP contribution in [-0.2, 0) is 0 Å². The largest absolute Gasteiger partial charge is 0.364 e. The van der Waals surface area contributed by atoms with E-state index >= 15 is 0 Å². The minimum atomic E-state index is -0.359. The first-order valence-electron chi connectivity index (χ1n) is 6.33. The van der Waals surface area contributed by atoms with Gasteiger partial charge >= 0.3 is 0 Å². The standard InChI is InChI=1S/C14H19N3O2/c1-11(2)10-16(9-5-8-15)14-12(3)6-4-7-13(14)17(18)19/h4,6-7,11H,5,9-10H2,1-3H3. The molecule has 0 spiro atoms. The first-order valence-corrected chi connectivity index (χ1v) is 6.33. The minimum absolute atomic E-state index is 0.110. The Bertz CT molecular complexity index is 492. The summed E-state index contributed by atoms with van der Waals surface area (Å²) < 4.78 is 0. The lowest BCUT2D eigenvalue weighted by atomic mass is 10.1. The Morgan fingerprint density at radius 3 is 2.68 bits per heavy atom. The zero-order valence-electron chi connectivity index (χ0n) is 11.6. The first kappa shape index (κ1) is 15.0. The van der Waals surface area contributed by atoms with Crippen molar-refractivity contribution in [3.05, 3.63) is 33.9 Å². The molecule has 1 rings (SSSR count). The summed E-state index contributed by atoms with van der Waals surface area (Å²) in [5, 5.41) is 19.9. The van der Waals surface area contributed by atoms with Gasteiger partial charge in [0.15, 0.2) is 0 Å². The van der Waals surface area contributed by atoms with Crippen molar-refractivity contribution in [3.8, 4) is 6.07 Å². The van der Waals surface area contributed by atoms with Gasteiger partial charge in [0.05, 0.1) is 17.4 Å². The Morgan fingerprint density at radius 1 is 1.47 bits per heavy atom. The Labute approximate surface area is 113 Å². The molecule has 0 saturated heterocycles. The van der Waals surface area contributed by atoms with Gasteiger partial charge in [0.25, 0.3) is 5.69 Å². The van der Waals surface area contributed by atoms with Gasteiger partial charge < -0.3 is 4.90 Å². The van der Waals surface area contributed by atoms with Crippen molar-refractivity contribution in [3.63, 3.8) is 0 Å². The van der Waals surface area contributed by atoms with E-state index in [1.165, 1.54) is 6.07 Å². The second-order valence-electron chi connectivity index (χ2n) is 4.95. The molecule has 0 aliphatic carbocycles. The van der Waals surface area contributed by atoms with Crippen LogP contribution >= 0.6 is 0 Å². The summed E-state index contributed by atoms with van der Waals surface area (Å²) in [4.78, 5) is 12.7. The van der Waals surface area contributed by atoms with Crippen LogP contribution in [0.15, 0.2) is 18.2 Å². The lowest BCUT2D eigenvalue weighted by Crippen LogP contribution is -2.29. The molecule has 0 radical (unpaired) electrons. The lowest BCUT2D eigenvalue weighted by molar-refractivity contribution is -0.384. The molecule has 0 saturated carbocycles. The molecule has 0 heterocycles. The van der Waals surface area contributed by atoms with Crippen molar-refractivity contribution in [2.24, 2.45) is 5.92 Å². The molecule has 0 N–H and O–H groups in total. The molecule has 0 atom stereocenters. The van der Waals surface area contributed by atoms with Gasteiger partial charge in [0.2, 0.25) is 0 Å². The summed E-state index contributed by atoms with van der Waals surface area (Å²) in [6.45, 7) is 7.20. The average Bonchev–Trinajstić information content (AvgIpc) is 2.33. The van der Waals surface area contributed by atoms with Gasteiger partial charge in [0, 0.05) is 19.2 Å². The van der Waals surface area contributed by atoms with E-state index in [1.807, 2.05) is 17.9 Å². The maximum Gasteiger partial charge on any atom is 0.292 e. The Morgan fingerprint density at radius 2 is 2.16 bits per heavy atom. The van der Waals surface area contributed by atoms with Crippen LogP contribution in [0.5, 0.6) is 0 Å². The molecule has 19 heavy (non-hydrogen) atoms. The number of anilines is 1. The van der Waals surface area contributed by atoms with Gasteiger partial charge in [-0.3, -0.25) is 10.1 Å². The first-order chi connectivity index (χ1) is 8.97. The van der Waals surface area contributed by atoms with Crippen molar-refractivity contribution >= 4 is 11.4 Å². The molecule has 5 heteroatoms. The van der Waals surface area contributed by atoms with Crippen molar-refractivity contribution < 1.29 is 4.92 Å². The Kier molecular flexibility index (Phi) is 5.31. The van der Waals surface area contributed by atoms with Crippen LogP contribution in [0.3, 0.4) is 0 Å². The molecule has 0 unspecified atom stereocenters. The maximum absolute atomic E-state index is 11.2. The third-order valence-corrected chi connectivity index (χ3v) is 2.81. The van der Waals surface area contributed by atoms with Crippen molar-refractivity contribution in [2.75, 3.05) is 18.0 Å². The van der Waals surface area contributed by atoms with Gasteiger partial charge in [-0.1, -0.05) is 26.0 Å². The van der Waals surface area contributed by atoms with Gasteiger partial charge in [-0.15, -0.1) is 0 Å². The van der Waals surface area contributed by atoms with Gasteiger partial charge in [-0.05, 0) is 18.4 Å². The summed E-state index contributed by atoms with van der Waals surface area (Å²) in [5.41, 5.74) is 1.61. The van der Waals surface area contributed by atoms with Crippen LogP contribution in [0.25, 0.3) is 0 Å². The maximum atomic E-state index is 11.2. The quantitative estimate of drug-likeness (QED) is 0.582. The normalized spacial score (nSPS) is 10.3. The van der Waals surface area contributed by atoms with Crippen LogP contribution in [0.4, 0.5) is 11.4 Å². The van der Waals surface area contributed by atoms with Crippen LogP contribution in [0, 0.1) is 34.3 Å². The fraction of sp³-hybridized carbons (Fsp3) is 0.500. The molecule has 1 aromatic carbocycles. The van der Waals surface area contributed by atoms with E-state index in [1.54, 1.807) is 6.07 Å². The average molecular weight is 261 g/mol. The van der Waals surface area contributed by atoms with Gasteiger partial charge in [0.1, 0.15) is 5.69 Å². The van der Waals surface area contributed by atoms with E-state index in [4.69, 9.17) is 5.26 Å².